The van der Waals surface area contributed by atoms with Gasteiger partial charge in [-0.25, -0.2) is 0 Å². The summed E-state index contributed by atoms with van der Waals surface area (Å²) in [6.45, 7) is 0. The van der Waals surface area contributed by atoms with Gasteiger partial charge >= 0.3 is 109 Å². The molecule has 1 aliphatic heterocycles. The van der Waals surface area contributed by atoms with E-state index in [4.69, 9.17) is 0 Å². The molecule has 0 nitrogen and oxygen atoms in total. The van der Waals surface area contributed by atoms with Gasteiger partial charge < -0.3 is 0 Å². The van der Waals surface area contributed by atoms with Crippen molar-refractivity contribution in [3.63, 3.8) is 0 Å². The van der Waals surface area contributed by atoms with Crippen molar-refractivity contribution < 1.29 is 0 Å². The molecule has 0 N–H and O–H groups in total. The molecule has 0 aromatic carbocycles. The summed E-state index contributed by atoms with van der Waals surface area (Å²) >= 11 is 0.102. The molecule has 0 aromatic heterocycles. The quantitative estimate of drug-likeness (QED) is 0.421. The average molecular weight is 415 g/mol. The molecule has 0 unspecified atom stereocenters. The van der Waals surface area contributed by atoms with Crippen LogP contribution in [-0.4, -0.2) is 41.8 Å². The third kappa shape index (κ3) is 8.04. The Hall–Kier alpha value is 0.699. The summed E-state index contributed by atoms with van der Waals surface area (Å²) in [5.41, 5.74) is 0. The Bertz CT molecular complexity index is 201. The van der Waals surface area contributed by atoms with Gasteiger partial charge in [0.05, 0.1) is 0 Å². The fraction of sp³-hybridized carbons (Fsp3) is 0.667. The molecule has 76 valence electrons. The van der Waals surface area contributed by atoms with Crippen LogP contribution in [0.5, 0.6) is 0 Å². The van der Waals surface area contributed by atoms with Crippen LogP contribution in [0.2, 0.25) is 8.94 Å². The van der Waals surface area contributed by atoms with Crippen molar-refractivity contribution in [2.75, 3.05) is 0 Å². The fourth-order valence-corrected chi connectivity index (χ4v) is 6.28. The summed E-state index contributed by atoms with van der Waals surface area (Å²) in [5, 5.41) is 0. The predicted molar refractivity (Wildman–Crippen MR) is 64.4 cm³/mol. The van der Waals surface area contributed by atoms with Crippen LogP contribution in [0.3, 0.4) is 0 Å². The standard InChI is InChI=1S/C12H16Te2/c1-2-4-6-9-13-11-8-12-14-10-7-5-3-1/h1-5,8,11-12H2. The van der Waals surface area contributed by atoms with E-state index in [0.29, 0.717) is 0 Å². The van der Waals surface area contributed by atoms with Gasteiger partial charge in [0.15, 0.2) is 0 Å². The first-order chi connectivity index (χ1) is 7.00. The predicted octanol–water partition coefficient (Wildman–Crippen LogP) is 2.51. The maximum atomic E-state index is 3.40. The van der Waals surface area contributed by atoms with Crippen LogP contribution in [0.4, 0.5) is 0 Å². The molecule has 0 bridgehead atoms. The second-order valence-electron chi connectivity index (χ2n) is 3.17. The molecule has 0 saturated heterocycles. The SMILES string of the molecule is C1#C[Te]CCC[Te]C#CCCCCC1. The van der Waals surface area contributed by atoms with Gasteiger partial charge in [0.25, 0.3) is 0 Å². The molecule has 14 heavy (non-hydrogen) atoms. The molecule has 0 aliphatic carbocycles. The molecular formula is C12H16Te2. The molecule has 0 fully saturated rings. The summed E-state index contributed by atoms with van der Waals surface area (Å²) in [7, 11) is 0. The van der Waals surface area contributed by atoms with Crippen LogP contribution in [0.25, 0.3) is 0 Å². The monoisotopic (exact) mass is 420 g/mol. The van der Waals surface area contributed by atoms with Crippen LogP contribution in [0.15, 0.2) is 0 Å². The van der Waals surface area contributed by atoms with Gasteiger partial charge in [-0.05, 0) is 0 Å². The van der Waals surface area contributed by atoms with Gasteiger partial charge in [-0.15, -0.1) is 0 Å². The van der Waals surface area contributed by atoms with Gasteiger partial charge in [-0.1, -0.05) is 0 Å². The molecule has 0 amide bonds. The van der Waals surface area contributed by atoms with Gasteiger partial charge in [-0.2, -0.15) is 0 Å². The van der Waals surface area contributed by atoms with Gasteiger partial charge in [0.2, 0.25) is 0 Å². The van der Waals surface area contributed by atoms with E-state index < -0.39 is 0 Å². The minimum absolute atomic E-state index is 0.0511. The fourth-order valence-electron chi connectivity index (χ4n) is 1.11. The van der Waals surface area contributed by atoms with Crippen LogP contribution in [0.1, 0.15) is 38.5 Å². The number of rotatable bonds is 0. The first kappa shape index (κ1) is 12.8. The topological polar surface area (TPSA) is 0 Å². The third-order valence-corrected chi connectivity index (χ3v) is 6.35. The van der Waals surface area contributed by atoms with Crippen molar-refractivity contribution in [2.45, 2.75) is 47.5 Å². The van der Waals surface area contributed by atoms with Gasteiger partial charge in [0, 0.05) is 0 Å². The zero-order chi connectivity index (χ0) is 9.90. The summed E-state index contributed by atoms with van der Waals surface area (Å²) in [6.07, 6.45) is 7.58. The molecule has 0 radical (unpaired) electrons. The van der Waals surface area contributed by atoms with Crippen molar-refractivity contribution in [1.29, 1.82) is 0 Å². The Labute approximate surface area is 108 Å². The molecule has 0 atom stereocenters. The zero-order valence-corrected chi connectivity index (χ0v) is 13.1. The van der Waals surface area contributed by atoms with Crippen LogP contribution in [0, 0.1) is 19.8 Å². The Balaban J connectivity index is 2.21. The Morgan fingerprint density at radius 3 is 1.79 bits per heavy atom. The molecule has 0 saturated carbocycles. The van der Waals surface area contributed by atoms with Crippen LogP contribution >= 0.6 is 0 Å². The number of hydrogen-bond acceptors (Lipinski definition) is 0. The first-order valence-electron chi connectivity index (χ1n) is 5.19. The first-order valence-corrected chi connectivity index (χ1v) is 10.8. The summed E-state index contributed by atoms with van der Waals surface area (Å²) < 4.78 is 9.64. The van der Waals surface area contributed by atoms with Gasteiger partial charge in [0.1, 0.15) is 0 Å². The Morgan fingerprint density at radius 1 is 0.643 bits per heavy atom. The van der Waals surface area contributed by atoms with E-state index in [9.17, 15) is 0 Å². The van der Waals surface area contributed by atoms with E-state index in [1.54, 1.807) is 0 Å². The molecule has 1 aliphatic rings. The van der Waals surface area contributed by atoms with E-state index in [1.807, 2.05) is 0 Å². The minimum atomic E-state index is 0.0511. The normalized spacial score (nSPS) is 19.4. The molecule has 2 heteroatoms. The van der Waals surface area contributed by atoms with E-state index in [-0.39, 0.29) is 41.8 Å². The van der Waals surface area contributed by atoms with E-state index in [0.717, 1.165) is 12.8 Å². The zero-order valence-electron chi connectivity index (χ0n) is 8.47. The van der Waals surface area contributed by atoms with Crippen molar-refractivity contribution in [2.24, 2.45) is 0 Å². The molecule has 0 aromatic rings. The van der Waals surface area contributed by atoms with Crippen molar-refractivity contribution in [3.05, 3.63) is 0 Å². The second-order valence-corrected chi connectivity index (χ2v) is 8.31. The van der Waals surface area contributed by atoms with Crippen molar-refractivity contribution in [3.8, 4) is 19.8 Å². The average Bonchev–Trinajstić information content (AvgIpc) is 2.22. The molecule has 1 rings (SSSR count). The molecule has 1 heterocycles. The summed E-state index contributed by atoms with van der Waals surface area (Å²) in [5.74, 6) is 6.64. The van der Waals surface area contributed by atoms with Crippen molar-refractivity contribution >= 4 is 41.8 Å². The van der Waals surface area contributed by atoms with E-state index >= 15 is 0 Å². The van der Waals surface area contributed by atoms with Gasteiger partial charge in [-0.3, -0.25) is 0 Å². The van der Waals surface area contributed by atoms with E-state index in [2.05, 4.69) is 19.8 Å². The van der Waals surface area contributed by atoms with E-state index in [1.165, 1.54) is 34.6 Å². The summed E-state index contributed by atoms with van der Waals surface area (Å²) in [4.78, 5) is 0. The Morgan fingerprint density at radius 2 is 1.21 bits per heavy atom. The molecule has 0 spiro atoms. The third-order valence-electron chi connectivity index (χ3n) is 1.89. The van der Waals surface area contributed by atoms with Crippen LogP contribution in [-0.2, 0) is 0 Å². The summed E-state index contributed by atoms with van der Waals surface area (Å²) in [6, 6.07) is 0. The Kier molecular flexibility index (Phi) is 9.32. The van der Waals surface area contributed by atoms with Crippen LogP contribution < -0.4 is 0 Å². The second kappa shape index (κ2) is 10.2. The maximum absolute atomic E-state index is 3.40. The molecular weight excluding hydrogens is 399 g/mol. The van der Waals surface area contributed by atoms with Crippen molar-refractivity contribution in [1.82, 2.24) is 0 Å². The number of hydrogen-bond donors (Lipinski definition) is 0.